The minimum absolute atomic E-state index is 0.246. The van der Waals surface area contributed by atoms with Crippen molar-refractivity contribution in [1.82, 2.24) is 5.32 Å². The third kappa shape index (κ3) is 9.06. The molecule has 9 unspecified atom stereocenters. The van der Waals surface area contributed by atoms with Crippen molar-refractivity contribution < 1.29 is 88.6 Å². The summed E-state index contributed by atoms with van der Waals surface area (Å²) in [5.74, 6) is -0.545. The summed E-state index contributed by atoms with van der Waals surface area (Å²) in [5, 5.41) is 99.0. The molecule has 10 N–H and O–H groups in total. The molecule has 0 aliphatic carbocycles. The topological polar surface area (TPSA) is 285 Å². The van der Waals surface area contributed by atoms with Gasteiger partial charge in [-0.15, -0.1) is 0 Å². The van der Waals surface area contributed by atoms with E-state index in [4.69, 9.17) is 37.9 Å². The van der Waals surface area contributed by atoms with E-state index in [0.717, 1.165) is 0 Å². The first kappa shape index (κ1) is 40.6. The monoisotopic (exact) mass is 715 g/mol. The Hall–Kier alpha value is -1.21. The average Bonchev–Trinajstić information content (AvgIpc) is 3.00. The molecule has 20 atom stereocenters. The van der Waals surface area contributed by atoms with Gasteiger partial charge in [-0.25, -0.2) is 0 Å². The quantitative estimate of drug-likeness (QED) is 0.102. The highest BCUT2D eigenvalue weighted by Gasteiger charge is 2.54. The lowest BCUT2D eigenvalue weighted by molar-refractivity contribution is -0.385. The van der Waals surface area contributed by atoms with Crippen LogP contribution >= 0.6 is 0 Å². The molecule has 19 heteroatoms. The smallest absolute Gasteiger partial charge is 0.223 e. The molecule has 4 fully saturated rings. The van der Waals surface area contributed by atoms with Crippen LogP contribution in [-0.2, 0) is 42.7 Å². The number of aliphatic hydroxyl groups excluding tert-OH is 8. The number of amides is 1. The number of ether oxygens (including phenoxy) is 8. The Kier molecular flexibility index (Phi) is 13.4. The van der Waals surface area contributed by atoms with Crippen LogP contribution in [0, 0.1) is 0 Å². The van der Waals surface area contributed by atoms with Crippen molar-refractivity contribution in [3.8, 4) is 0 Å². The minimum Gasteiger partial charge on any atom is -0.390 e. The van der Waals surface area contributed by atoms with Crippen molar-refractivity contribution in [1.29, 1.82) is 0 Å². The Bertz CT molecular complexity index is 1080. The van der Waals surface area contributed by atoms with Crippen molar-refractivity contribution in [2.45, 2.75) is 176 Å². The fourth-order valence-corrected chi connectivity index (χ4v) is 6.38. The van der Waals surface area contributed by atoms with Gasteiger partial charge in [0.15, 0.2) is 25.2 Å². The van der Waals surface area contributed by atoms with E-state index in [1.165, 1.54) is 41.7 Å². The van der Waals surface area contributed by atoms with Gasteiger partial charge in [0.2, 0.25) is 5.91 Å². The van der Waals surface area contributed by atoms with Gasteiger partial charge in [0.1, 0.15) is 67.1 Å². The van der Waals surface area contributed by atoms with E-state index >= 15 is 0 Å². The predicted octanol–water partition coefficient (Wildman–Crippen LogP) is -4.70. The summed E-state index contributed by atoms with van der Waals surface area (Å²) in [6, 6.07) is -0.970. The van der Waals surface area contributed by atoms with Crippen LogP contribution in [0.3, 0.4) is 0 Å². The molecule has 286 valence electrons. The summed E-state index contributed by atoms with van der Waals surface area (Å²) >= 11 is 0. The molecule has 0 aromatic carbocycles. The van der Waals surface area contributed by atoms with Crippen molar-refractivity contribution >= 4 is 5.91 Å². The summed E-state index contributed by atoms with van der Waals surface area (Å²) in [5.41, 5.74) is -1.30. The SMILES string of the molecule is CO[C@H]1C(O)[C@H](NC(=O)CC(C)(C)O)C(C)O[C@H]1OC1[C@@H](O)C(C)O[C@@H](OC2[C@@H](O)C(C)O[C@@H](O[C@@H]3C(O)OC(C)[C@H](O)C3O)[C@H]2O)[C@H]1O. The molecule has 49 heavy (non-hydrogen) atoms. The van der Waals surface area contributed by atoms with E-state index in [1.807, 2.05) is 0 Å². The predicted molar refractivity (Wildman–Crippen MR) is 160 cm³/mol. The molecule has 4 rings (SSSR count). The second-order valence-electron chi connectivity index (χ2n) is 13.9. The van der Waals surface area contributed by atoms with E-state index in [2.05, 4.69) is 5.32 Å². The van der Waals surface area contributed by atoms with Crippen LogP contribution in [-0.4, -0.2) is 187 Å². The largest absolute Gasteiger partial charge is 0.390 e. The summed E-state index contributed by atoms with van der Waals surface area (Å²) in [6.07, 6.45) is -27.4. The van der Waals surface area contributed by atoms with Gasteiger partial charge in [-0.2, -0.15) is 0 Å². The average molecular weight is 716 g/mol. The molecule has 4 aliphatic rings. The first-order valence-electron chi connectivity index (χ1n) is 16.3. The Morgan fingerprint density at radius 1 is 0.592 bits per heavy atom. The van der Waals surface area contributed by atoms with Gasteiger partial charge >= 0.3 is 0 Å². The Labute approximate surface area is 283 Å². The molecule has 0 radical (unpaired) electrons. The highest BCUT2D eigenvalue weighted by Crippen LogP contribution is 2.34. The van der Waals surface area contributed by atoms with E-state index < -0.39 is 134 Å². The van der Waals surface area contributed by atoms with Gasteiger partial charge in [0.25, 0.3) is 0 Å². The lowest BCUT2D eigenvalue weighted by Gasteiger charge is -2.49. The van der Waals surface area contributed by atoms with Crippen LogP contribution in [0.25, 0.3) is 0 Å². The number of carbonyl (C=O) groups excluding carboxylic acids is 1. The fourth-order valence-electron chi connectivity index (χ4n) is 6.38. The van der Waals surface area contributed by atoms with Crippen LogP contribution < -0.4 is 5.32 Å². The highest BCUT2D eigenvalue weighted by molar-refractivity contribution is 5.77. The summed E-state index contributed by atoms with van der Waals surface area (Å²) in [6.45, 7) is 8.79. The second kappa shape index (κ2) is 16.2. The number of methoxy groups -OCH3 is 1. The van der Waals surface area contributed by atoms with Gasteiger partial charge in [-0.1, -0.05) is 0 Å². The Balaban J connectivity index is 1.46. The van der Waals surface area contributed by atoms with E-state index in [9.17, 15) is 50.8 Å². The third-order valence-corrected chi connectivity index (χ3v) is 9.26. The molecule has 0 bridgehead atoms. The van der Waals surface area contributed by atoms with E-state index in [0.29, 0.717) is 0 Å². The molecule has 1 amide bonds. The first-order chi connectivity index (χ1) is 22.7. The zero-order valence-electron chi connectivity index (χ0n) is 28.5. The van der Waals surface area contributed by atoms with E-state index in [-0.39, 0.29) is 6.42 Å². The van der Waals surface area contributed by atoms with Crippen molar-refractivity contribution in [3.63, 3.8) is 0 Å². The van der Waals surface area contributed by atoms with E-state index in [1.54, 1.807) is 6.92 Å². The molecule has 0 saturated carbocycles. The number of nitrogens with one attached hydrogen (secondary N) is 1. The van der Waals surface area contributed by atoms with Crippen molar-refractivity contribution in [2.75, 3.05) is 7.11 Å². The number of rotatable bonds is 10. The van der Waals surface area contributed by atoms with Crippen LogP contribution in [0.2, 0.25) is 0 Å². The maximum atomic E-state index is 12.5. The molecule has 0 aromatic rings. The molecule has 4 aliphatic heterocycles. The number of carbonyl (C=O) groups is 1. The zero-order valence-corrected chi connectivity index (χ0v) is 28.5. The highest BCUT2D eigenvalue weighted by atomic mass is 16.8. The lowest BCUT2D eigenvalue weighted by atomic mass is 9.94. The molecule has 4 heterocycles. The maximum Gasteiger partial charge on any atom is 0.223 e. The lowest BCUT2D eigenvalue weighted by Crippen LogP contribution is -2.67. The van der Waals surface area contributed by atoms with Crippen LogP contribution in [0.4, 0.5) is 0 Å². The normalized spacial score (nSPS) is 49.8. The number of hydrogen-bond donors (Lipinski definition) is 10. The standard InChI is InChI=1S/C30H53NO18/c1-9-14(31-13(32)8-30(5,6)41)18(36)25(42-7)29(44-9)48-23-17(35)12(4)45-27(21(23)39)47-22-16(34)11(3)46-28(20(22)38)49-24-19(37)15(33)10(2)43-26(24)40/h9-12,14-29,33-41H,8H2,1-7H3,(H,31,32)/t9?,10?,11?,12?,14-,15+,16+,17+,18?,19?,20+,21+,22?,23?,24+,25+,26?,27+,28+,29+/m1/s1. The molecule has 19 nitrogen and oxygen atoms in total. The number of aliphatic hydroxyl groups is 9. The van der Waals surface area contributed by atoms with Crippen molar-refractivity contribution in [3.05, 3.63) is 0 Å². The molecule has 4 saturated heterocycles. The maximum absolute atomic E-state index is 12.5. The van der Waals surface area contributed by atoms with Crippen LogP contribution in [0.15, 0.2) is 0 Å². The molecule has 0 aromatic heterocycles. The first-order valence-corrected chi connectivity index (χ1v) is 16.3. The minimum atomic E-state index is -1.81. The van der Waals surface area contributed by atoms with Gasteiger partial charge < -0.3 is 89.2 Å². The Morgan fingerprint density at radius 3 is 1.53 bits per heavy atom. The van der Waals surface area contributed by atoms with Gasteiger partial charge in [0.05, 0.1) is 42.5 Å². The Morgan fingerprint density at radius 2 is 1.04 bits per heavy atom. The van der Waals surface area contributed by atoms with Gasteiger partial charge in [-0.3, -0.25) is 4.79 Å². The summed E-state index contributed by atoms with van der Waals surface area (Å²) in [7, 11) is 1.26. The van der Waals surface area contributed by atoms with Gasteiger partial charge in [0, 0.05) is 7.11 Å². The van der Waals surface area contributed by atoms with Crippen molar-refractivity contribution in [2.24, 2.45) is 0 Å². The van der Waals surface area contributed by atoms with Gasteiger partial charge in [-0.05, 0) is 41.5 Å². The number of hydrogen-bond acceptors (Lipinski definition) is 18. The molecular weight excluding hydrogens is 662 g/mol. The second-order valence-corrected chi connectivity index (χ2v) is 13.9. The fraction of sp³-hybridized carbons (Fsp3) is 0.967. The van der Waals surface area contributed by atoms with Crippen LogP contribution in [0.5, 0.6) is 0 Å². The summed E-state index contributed by atoms with van der Waals surface area (Å²) < 4.78 is 45.2. The summed E-state index contributed by atoms with van der Waals surface area (Å²) in [4.78, 5) is 12.5. The van der Waals surface area contributed by atoms with Crippen LogP contribution in [0.1, 0.15) is 48.0 Å². The molecular formula is C30H53NO18. The third-order valence-electron chi connectivity index (χ3n) is 9.26. The zero-order chi connectivity index (χ0) is 36.7. The molecule has 0 spiro atoms.